The van der Waals surface area contributed by atoms with E-state index in [0.29, 0.717) is 5.69 Å². The lowest BCUT2D eigenvalue weighted by Crippen LogP contribution is -2.30. The Morgan fingerprint density at radius 3 is 2.90 bits per heavy atom. The van der Waals surface area contributed by atoms with E-state index in [9.17, 15) is 14.9 Å². The summed E-state index contributed by atoms with van der Waals surface area (Å²) < 4.78 is 0. The summed E-state index contributed by atoms with van der Waals surface area (Å²) in [6.45, 7) is 0.744. The molecule has 1 aliphatic rings. The van der Waals surface area contributed by atoms with Crippen LogP contribution in [0.2, 0.25) is 0 Å². The molecule has 6 nitrogen and oxygen atoms in total. The normalized spacial score (nSPS) is 15.8. The van der Waals surface area contributed by atoms with E-state index in [4.69, 9.17) is 0 Å². The van der Waals surface area contributed by atoms with Gasteiger partial charge >= 0.3 is 0 Å². The van der Waals surface area contributed by atoms with Crippen molar-refractivity contribution in [3.8, 4) is 0 Å². The van der Waals surface area contributed by atoms with Crippen molar-refractivity contribution in [2.24, 2.45) is 0 Å². The summed E-state index contributed by atoms with van der Waals surface area (Å²) in [5.74, 6) is -0.0430. The first kappa shape index (κ1) is 12.7. The summed E-state index contributed by atoms with van der Waals surface area (Å²) >= 11 is 0. The van der Waals surface area contributed by atoms with Crippen molar-refractivity contribution >= 4 is 22.5 Å². The predicted molar refractivity (Wildman–Crippen MR) is 74.9 cm³/mol. The molecule has 0 unspecified atom stereocenters. The van der Waals surface area contributed by atoms with Crippen LogP contribution in [0.25, 0.3) is 10.9 Å². The lowest BCUT2D eigenvalue weighted by molar-refractivity contribution is -0.384. The number of nitro benzene ring substituents is 1. The summed E-state index contributed by atoms with van der Waals surface area (Å²) in [7, 11) is 1.78. The Kier molecular flexibility index (Phi) is 2.93. The summed E-state index contributed by atoms with van der Waals surface area (Å²) in [5, 5.41) is 11.7. The monoisotopic (exact) mass is 273 g/mol. The Hall–Kier alpha value is -2.37. The van der Waals surface area contributed by atoms with Crippen LogP contribution in [0.4, 0.5) is 5.69 Å². The molecule has 0 saturated carbocycles. The SMILES string of the molecule is CN1CCCCc2c([nH]c3ccc([N+](=O)[O-])cc23)C1=O. The third-order valence-corrected chi connectivity index (χ3v) is 3.83. The first-order chi connectivity index (χ1) is 9.58. The summed E-state index contributed by atoms with van der Waals surface area (Å²) in [5.41, 5.74) is 2.31. The molecular formula is C14H15N3O3. The molecule has 0 radical (unpaired) electrons. The topological polar surface area (TPSA) is 79.2 Å². The van der Waals surface area contributed by atoms with Gasteiger partial charge in [-0.1, -0.05) is 0 Å². The van der Waals surface area contributed by atoms with Crippen LogP contribution in [0.5, 0.6) is 0 Å². The number of aryl methyl sites for hydroxylation is 1. The third-order valence-electron chi connectivity index (χ3n) is 3.83. The molecule has 1 aromatic heterocycles. The van der Waals surface area contributed by atoms with Crippen LogP contribution in [0.15, 0.2) is 18.2 Å². The van der Waals surface area contributed by atoms with E-state index in [0.717, 1.165) is 42.3 Å². The average molecular weight is 273 g/mol. The zero-order valence-corrected chi connectivity index (χ0v) is 11.2. The van der Waals surface area contributed by atoms with Crippen LogP contribution in [-0.2, 0) is 6.42 Å². The highest BCUT2D eigenvalue weighted by Gasteiger charge is 2.23. The number of carbonyl (C=O) groups is 1. The molecule has 6 heteroatoms. The number of amides is 1. The molecule has 0 bridgehead atoms. The highest BCUT2D eigenvalue weighted by atomic mass is 16.6. The van der Waals surface area contributed by atoms with E-state index in [2.05, 4.69) is 4.98 Å². The first-order valence-electron chi connectivity index (χ1n) is 6.62. The number of aromatic nitrogens is 1. The molecule has 0 saturated heterocycles. The van der Waals surface area contributed by atoms with E-state index in [1.807, 2.05) is 0 Å². The number of benzene rings is 1. The maximum absolute atomic E-state index is 12.3. The molecule has 1 aromatic carbocycles. The Morgan fingerprint density at radius 1 is 1.35 bits per heavy atom. The smallest absolute Gasteiger partial charge is 0.270 e. The maximum Gasteiger partial charge on any atom is 0.270 e. The molecule has 0 atom stereocenters. The Bertz CT molecular complexity index is 705. The molecule has 1 N–H and O–H groups in total. The van der Waals surface area contributed by atoms with Crippen molar-refractivity contribution in [1.82, 2.24) is 9.88 Å². The number of non-ortho nitro benzene ring substituents is 1. The van der Waals surface area contributed by atoms with Gasteiger partial charge < -0.3 is 9.88 Å². The zero-order valence-electron chi connectivity index (χ0n) is 11.2. The predicted octanol–water partition coefficient (Wildman–Crippen LogP) is 2.48. The summed E-state index contributed by atoms with van der Waals surface area (Å²) in [4.78, 5) is 27.6. The van der Waals surface area contributed by atoms with Crippen molar-refractivity contribution < 1.29 is 9.72 Å². The fraction of sp³-hybridized carbons (Fsp3) is 0.357. The minimum Gasteiger partial charge on any atom is -0.350 e. The number of carbonyl (C=O) groups excluding carboxylic acids is 1. The largest absolute Gasteiger partial charge is 0.350 e. The van der Waals surface area contributed by atoms with Crippen LogP contribution in [0.1, 0.15) is 28.9 Å². The molecule has 2 heterocycles. The Morgan fingerprint density at radius 2 is 2.15 bits per heavy atom. The van der Waals surface area contributed by atoms with Gasteiger partial charge in [-0.05, 0) is 30.9 Å². The van der Waals surface area contributed by atoms with E-state index in [-0.39, 0.29) is 11.6 Å². The summed E-state index contributed by atoms with van der Waals surface area (Å²) in [6, 6.07) is 4.69. The van der Waals surface area contributed by atoms with E-state index < -0.39 is 4.92 Å². The van der Waals surface area contributed by atoms with Crippen molar-refractivity contribution in [2.75, 3.05) is 13.6 Å². The average Bonchev–Trinajstić information content (AvgIpc) is 2.78. The molecule has 0 fully saturated rings. The molecule has 104 valence electrons. The molecule has 3 rings (SSSR count). The van der Waals surface area contributed by atoms with Gasteiger partial charge in [-0.25, -0.2) is 0 Å². The second-order valence-corrected chi connectivity index (χ2v) is 5.15. The molecular weight excluding hydrogens is 258 g/mol. The van der Waals surface area contributed by atoms with Crippen LogP contribution in [-0.4, -0.2) is 34.3 Å². The molecule has 2 aromatic rings. The van der Waals surface area contributed by atoms with Gasteiger partial charge in [0, 0.05) is 36.6 Å². The minimum atomic E-state index is -0.407. The van der Waals surface area contributed by atoms with E-state index in [1.165, 1.54) is 6.07 Å². The molecule has 20 heavy (non-hydrogen) atoms. The number of H-pyrrole nitrogens is 1. The fourth-order valence-electron chi connectivity index (χ4n) is 2.73. The number of nitrogens with one attached hydrogen (secondary N) is 1. The van der Waals surface area contributed by atoms with Crippen molar-refractivity contribution in [3.63, 3.8) is 0 Å². The van der Waals surface area contributed by atoms with Crippen LogP contribution in [0, 0.1) is 10.1 Å². The standard InChI is InChI=1S/C14H15N3O3/c1-16-7-3-2-4-10-11-8-9(17(19)20)5-6-12(11)15-13(10)14(16)18/h5-6,8,15H,2-4,7H2,1H3. The Labute approximate surface area is 115 Å². The van der Waals surface area contributed by atoms with Crippen LogP contribution < -0.4 is 0 Å². The molecule has 1 amide bonds. The number of nitro groups is 1. The van der Waals surface area contributed by atoms with E-state index in [1.54, 1.807) is 24.1 Å². The number of aromatic amines is 1. The molecule has 0 spiro atoms. The fourth-order valence-corrected chi connectivity index (χ4v) is 2.73. The van der Waals surface area contributed by atoms with Gasteiger partial charge in [0.15, 0.2) is 0 Å². The quantitative estimate of drug-likeness (QED) is 0.640. The van der Waals surface area contributed by atoms with Crippen molar-refractivity contribution in [2.45, 2.75) is 19.3 Å². The molecule has 1 aliphatic heterocycles. The lowest BCUT2D eigenvalue weighted by atomic mass is 10.0. The number of rotatable bonds is 1. The van der Waals surface area contributed by atoms with Gasteiger partial charge in [0.25, 0.3) is 11.6 Å². The van der Waals surface area contributed by atoms with E-state index >= 15 is 0 Å². The number of nitrogens with zero attached hydrogens (tertiary/aromatic N) is 2. The van der Waals surface area contributed by atoms with Gasteiger partial charge in [0.1, 0.15) is 5.69 Å². The number of fused-ring (bicyclic) bond motifs is 3. The van der Waals surface area contributed by atoms with Gasteiger partial charge in [0.2, 0.25) is 0 Å². The second-order valence-electron chi connectivity index (χ2n) is 5.15. The van der Waals surface area contributed by atoms with Gasteiger partial charge in [0.05, 0.1) is 4.92 Å². The molecule has 0 aliphatic carbocycles. The van der Waals surface area contributed by atoms with Gasteiger partial charge in [-0.2, -0.15) is 0 Å². The van der Waals surface area contributed by atoms with Crippen molar-refractivity contribution in [3.05, 3.63) is 39.6 Å². The number of hydrogen-bond acceptors (Lipinski definition) is 3. The van der Waals surface area contributed by atoms with Crippen LogP contribution >= 0.6 is 0 Å². The van der Waals surface area contributed by atoms with Gasteiger partial charge in [-0.3, -0.25) is 14.9 Å². The highest BCUT2D eigenvalue weighted by molar-refractivity contribution is 6.01. The minimum absolute atomic E-state index is 0.0430. The maximum atomic E-state index is 12.3. The Balaban J connectivity index is 2.21. The lowest BCUT2D eigenvalue weighted by Gasteiger charge is -2.19. The zero-order chi connectivity index (χ0) is 14.3. The highest BCUT2D eigenvalue weighted by Crippen LogP contribution is 2.29. The first-order valence-corrected chi connectivity index (χ1v) is 6.62. The number of hydrogen-bond donors (Lipinski definition) is 1. The summed E-state index contributed by atoms with van der Waals surface area (Å²) in [6.07, 6.45) is 2.69. The van der Waals surface area contributed by atoms with Crippen molar-refractivity contribution in [1.29, 1.82) is 0 Å². The van der Waals surface area contributed by atoms with Gasteiger partial charge in [-0.15, -0.1) is 0 Å². The third kappa shape index (κ3) is 1.93. The van der Waals surface area contributed by atoms with Crippen LogP contribution in [0.3, 0.4) is 0 Å². The second kappa shape index (κ2) is 4.63.